The number of amides is 1. The molecule has 1 aromatic heterocycles. The van der Waals surface area contributed by atoms with E-state index in [2.05, 4.69) is 20.2 Å². The Morgan fingerprint density at radius 1 is 1.17 bits per heavy atom. The molecule has 1 atom stereocenters. The van der Waals surface area contributed by atoms with Crippen molar-refractivity contribution in [3.05, 3.63) is 41.2 Å². The van der Waals surface area contributed by atoms with Gasteiger partial charge in [-0.1, -0.05) is 6.07 Å². The van der Waals surface area contributed by atoms with E-state index in [1.165, 1.54) is 5.56 Å². The summed E-state index contributed by atoms with van der Waals surface area (Å²) in [5, 5.41) is 2.83. The summed E-state index contributed by atoms with van der Waals surface area (Å²) in [5.41, 5.74) is 2.32. The second kappa shape index (κ2) is 10.2. The molecule has 1 N–H and O–H groups in total. The van der Waals surface area contributed by atoms with Gasteiger partial charge in [0.2, 0.25) is 5.88 Å². The first kappa shape index (κ1) is 21.8. The molecule has 1 aliphatic heterocycles. The maximum Gasteiger partial charge on any atom is 0.260 e. The van der Waals surface area contributed by atoms with Gasteiger partial charge in [-0.2, -0.15) is 4.98 Å². The molecule has 1 unspecified atom stereocenters. The van der Waals surface area contributed by atoms with E-state index in [0.717, 1.165) is 24.5 Å². The van der Waals surface area contributed by atoms with Crippen LogP contribution < -0.4 is 19.7 Å². The minimum atomic E-state index is -0.596. The van der Waals surface area contributed by atoms with Crippen molar-refractivity contribution in [2.45, 2.75) is 33.8 Å². The van der Waals surface area contributed by atoms with Crippen LogP contribution in [0.2, 0.25) is 0 Å². The van der Waals surface area contributed by atoms with Crippen molar-refractivity contribution in [1.29, 1.82) is 0 Å². The predicted octanol–water partition coefficient (Wildman–Crippen LogP) is 2.20. The highest BCUT2D eigenvalue weighted by Crippen LogP contribution is 2.19. The highest BCUT2D eigenvalue weighted by Gasteiger charge is 2.16. The number of ether oxygens (including phenoxy) is 3. The average Bonchev–Trinajstić information content (AvgIpc) is 2.74. The molecular formula is C22H30N4O4. The van der Waals surface area contributed by atoms with E-state index in [1.54, 1.807) is 6.92 Å². The predicted molar refractivity (Wildman–Crippen MR) is 114 cm³/mol. The number of hydrogen-bond donors (Lipinski definition) is 1. The van der Waals surface area contributed by atoms with Crippen LogP contribution >= 0.6 is 0 Å². The molecule has 30 heavy (non-hydrogen) atoms. The fourth-order valence-corrected chi connectivity index (χ4v) is 3.07. The van der Waals surface area contributed by atoms with Crippen molar-refractivity contribution in [2.75, 3.05) is 44.4 Å². The number of morpholine rings is 1. The Hall–Kier alpha value is -2.87. The molecule has 1 aliphatic rings. The van der Waals surface area contributed by atoms with Gasteiger partial charge >= 0.3 is 0 Å². The fraction of sp³-hybridized carbons (Fsp3) is 0.500. The van der Waals surface area contributed by atoms with Crippen LogP contribution in [0.15, 0.2) is 24.3 Å². The Kier molecular flexibility index (Phi) is 7.46. The van der Waals surface area contributed by atoms with Crippen LogP contribution in [0.3, 0.4) is 0 Å². The van der Waals surface area contributed by atoms with Gasteiger partial charge in [0.05, 0.1) is 19.8 Å². The summed E-state index contributed by atoms with van der Waals surface area (Å²) in [6, 6.07) is 7.62. The Morgan fingerprint density at radius 2 is 1.93 bits per heavy atom. The topological polar surface area (TPSA) is 85.8 Å². The first-order chi connectivity index (χ1) is 14.4. The lowest BCUT2D eigenvalue weighted by atomic mass is 10.1. The fourth-order valence-electron chi connectivity index (χ4n) is 3.07. The molecule has 0 spiro atoms. The molecule has 2 aromatic rings. The van der Waals surface area contributed by atoms with Gasteiger partial charge in [0.25, 0.3) is 5.91 Å². The lowest BCUT2D eigenvalue weighted by Gasteiger charge is -2.28. The molecule has 1 aromatic carbocycles. The monoisotopic (exact) mass is 414 g/mol. The summed E-state index contributed by atoms with van der Waals surface area (Å²) < 4.78 is 16.9. The van der Waals surface area contributed by atoms with Gasteiger partial charge in [0, 0.05) is 19.2 Å². The van der Waals surface area contributed by atoms with Crippen LogP contribution in [-0.2, 0) is 9.53 Å². The number of aromatic nitrogens is 2. The molecule has 162 valence electrons. The van der Waals surface area contributed by atoms with Gasteiger partial charge in [0.1, 0.15) is 24.0 Å². The summed E-state index contributed by atoms with van der Waals surface area (Å²) in [6.45, 7) is 11.3. The van der Waals surface area contributed by atoms with E-state index in [0.29, 0.717) is 43.8 Å². The van der Waals surface area contributed by atoms with Gasteiger partial charge in [0.15, 0.2) is 6.10 Å². The highest BCUT2D eigenvalue weighted by molar-refractivity contribution is 5.80. The van der Waals surface area contributed by atoms with Crippen LogP contribution in [0.1, 0.15) is 23.9 Å². The maximum absolute atomic E-state index is 12.3. The van der Waals surface area contributed by atoms with Crippen LogP contribution in [0, 0.1) is 20.8 Å². The van der Waals surface area contributed by atoms with E-state index in [-0.39, 0.29) is 5.91 Å². The number of carbonyl (C=O) groups excluding carboxylic acids is 1. The quantitative estimate of drug-likeness (QED) is 0.663. The minimum Gasteiger partial charge on any atom is -0.481 e. The van der Waals surface area contributed by atoms with Crippen molar-refractivity contribution in [3.63, 3.8) is 0 Å². The molecule has 8 nitrogen and oxygen atoms in total. The standard InChI is InChI=1S/C22H30N4O4/c1-15-5-6-19(13-16(15)2)30-17(3)22(27)23-7-10-29-21-14-20(24-18(4)25-21)26-8-11-28-12-9-26/h5-6,13-14,17H,7-12H2,1-4H3,(H,23,27). The third-order valence-corrected chi connectivity index (χ3v) is 4.95. The molecule has 2 heterocycles. The number of hydrogen-bond acceptors (Lipinski definition) is 7. The smallest absolute Gasteiger partial charge is 0.260 e. The molecule has 0 radical (unpaired) electrons. The van der Waals surface area contributed by atoms with E-state index < -0.39 is 6.10 Å². The first-order valence-corrected chi connectivity index (χ1v) is 10.2. The van der Waals surface area contributed by atoms with Crippen LogP contribution in [0.5, 0.6) is 11.6 Å². The normalized spacial score (nSPS) is 14.9. The lowest BCUT2D eigenvalue weighted by molar-refractivity contribution is -0.127. The second-order valence-corrected chi connectivity index (χ2v) is 7.36. The molecule has 0 bridgehead atoms. The van der Waals surface area contributed by atoms with E-state index in [1.807, 2.05) is 45.0 Å². The SMILES string of the molecule is Cc1nc(OCCNC(=O)C(C)Oc2ccc(C)c(C)c2)cc(N2CCOCC2)n1. The number of benzene rings is 1. The van der Waals surface area contributed by atoms with Crippen LogP contribution in [0.4, 0.5) is 5.82 Å². The summed E-state index contributed by atoms with van der Waals surface area (Å²) in [4.78, 5) is 23.2. The van der Waals surface area contributed by atoms with Crippen molar-refractivity contribution in [1.82, 2.24) is 15.3 Å². The van der Waals surface area contributed by atoms with Gasteiger partial charge in [-0.15, -0.1) is 0 Å². The van der Waals surface area contributed by atoms with Gasteiger partial charge < -0.3 is 24.4 Å². The zero-order valence-electron chi connectivity index (χ0n) is 18.1. The third kappa shape index (κ3) is 6.06. The molecule has 3 rings (SSSR count). The second-order valence-electron chi connectivity index (χ2n) is 7.36. The molecule has 8 heteroatoms. The molecule has 0 aliphatic carbocycles. The van der Waals surface area contributed by atoms with Crippen LogP contribution in [0.25, 0.3) is 0 Å². The molecular weight excluding hydrogens is 384 g/mol. The van der Waals surface area contributed by atoms with E-state index in [4.69, 9.17) is 14.2 Å². The van der Waals surface area contributed by atoms with Crippen molar-refractivity contribution in [3.8, 4) is 11.6 Å². The largest absolute Gasteiger partial charge is 0.481 e. The number of nitrogens with one attached hydrogen (secondary N) is 1. The zero-order chi connectivity index (χ0) is 21.5. The summed E-state index contributed by atoms with van der Waals surface area (Å²) >= 11 is 0. The Balaban J connectivity index is 1.45. The summed E-state index contributed by atoms with van der Waals surface area (Å²) in [6.07, 6.45) is -0.596. The highest BCUT2D eigenvalue weighted by atomic mass is 16.5. The van der Waals surface area contributed by atoms with Gasteiger partial charge in [-0.3, -0.25) is 4.79 Å². The number of rotatable bonds is 8. The average molecular weight is 415 g/mol. The van der Waals surface area contributed by atoms with Crippen LogP contribution in [-0.4, -0.2) is 61.4 Å². The molecule has 0 saturated carbocycles. The Morgan fingerprint density at radius 3 is 2.67 bits per heavy atom. The molecule has 1 amide bonds. The zero-order valence-corrected chi connectivity index (χ0v) is 18.1. The van der Waals surface area contributed by atoms with Crippen molar-refractivity contribution in [2.24, 2.45) is 0 Å². The van der Waals surface area contributed by atoms with Crippen molar-refractivity contribution >= 4 is 11.7 Å². The third-order valence-electron chi connectivity index (χ3n) is 4.95. The van der Waals surface area contributed by atoms with E-state index >= 15 is 0 Å². The summed E-state index contributed by atoms with van der Waals surface area (Å²) in [7, 11) is 0. The van der Waals surface area contributed by atoms with E-state index in [9.17, 15) is 4.79 Å². The number of nitrogens with zero attached hydrogens (tertiary/aromatic N) is 3. The number of aryl methyl sites for hydroxylation is 3. The molecule has 1 saturated heterocycles. The Labute approximate surface area is 177 Å². The first-order valence-electron chi connectivity index (χ1n) is 10.2. The maximum atomic E-state index is 12.3. The lowest BCUT2D eigenvalue weighted by Crippen LogP contribution is -2.38. The van der Waals surface area contributed by atoms with Gasteiger partial charge in [-0.05, 0) is 51.0 Å². The summed E-state index contributed by atoms with van der Waals surface area (Å²) in [5.74, 6) is 2.47. The van der Waals surface area contributed by atoms with Crippen molar-refractivity contribution < 1.29 is 19.0 Å². The minimum absolute atomic E-state index is 0.190. The molecule has 1 fully saturated rings. The van der Waals surface area contributed by atoms with Gasteiger partial charge in [-0.25, -0.2) is 4.98 Å². The Bertz CT molecular complexity index is 868. The number of anilines is 1. The number of carbonyl (C=O) groups is 1.